The van der Waals surface area contributed by atoms with Crippen molar-refractivity contribution in [1.29, 1.82) is 0 Å². The highest BCUT2D eigenvalue weighted by molar-refractivity contribution is 5.96. The third-order valence-corrected chi connectivity index (χ3v) is 2.91. The van der Waals surface area contributed by atoms with Crippen LogP contribution in [0.15, 0.2) is 24.5 Å². The Kier molecular flexibility index (Phi) is 4.69. The fourth-order valence-electron chi connectivity index (χ4n) is 1.89. The van der Waals surface area contributed by atoms with Crippen LogP contribution in [0.5, 0.6) is 0 Å². The van der Waals surface area contributed by atoms with Gasteiger partial charge >= 0.3 is 0 Å². The summed E-state index contributed by atoms with van der Waals surface area (Å²) >= 11 is 0. The number of carbonyl (C=O) groups excluding carboxylic acids is 1. The lowest BCUT2D eigenvalue weighted by Gasteiger charge is -2.16. The van der Waals surface area contributed by atoms with E-state index in [4.69, 9.17) is 5.11 Å². The maximum absolute atomic E-state index is 12.5. The zero-order valence-electron chi connectivity index (χ0n) is 11.9. The second-order valence-corrected chi connectivity index (χ2v) is 4.60. The number of aliphatic hydroxyl groups excluding tert-OH is 1. The first-order valence-corrected chi connectivity index (χ1v) is 6.42. The Bertz CT molecular complexity index is 683. The van der Waals surface area contributed by atoms with E-state index < -0.39 is 0 Å². The van der Waals surface area contributed by atoms with Crippen molar-refractivity contribution < 1.29 is 9.90 Å². The highest BCUT2D eigenvalue weighted by Gasteiger charge is 2.16. The lowest BCUT2D eigenvalue weighted by molar-refractivity contribution is 0.0781. The van der Waals surface area contributed by atoms with Crippen LogP contribution in [-0.2, 0) is 6.54 Å². The van der Waals surface area contributed by atoms with Crippen LogP contribution in [-0.4, -0.2) is 44.7 Å². The van der Waals surface area contributed by atoms with Crippen molar-refractivity contribution in [2.45, 2.75) is 13.5 Å². The van der Waals surface area contributed by atoms with Gasteiger partial charge in [-0.05, 0) is 24.6 Å². The Hall–Kier alpha value is -2.65. The minimum Gasteiger partial charge on any atom is -0.384 e. The van der Waals surface area contributed by atoms with Gasteiger partial charge in [-0.2, -0.15) is 5.10 Å². The van der Waals surface area contributed by atoms with Gasteiger partial charge in [-0.15, -0.1) is 0 Å². The van der Waals surface area contributed by atoms with Crippen LogP contribution in [0.4, 0.5) is 0 Å². The Balaban J connectivity index is 2.25. The summed E-state index contributed by atoms with van der Waals surface area (Å²) in [7, 11) is 1.69. The smallest absolute Gasteiger partial charge is 0.255 e. The van der Waals surface area contributed by atoms with Gasteiger partial charge in [0.1, 0.15) is 18.8 Å². The number of aromatic amines is 1. The lowest BCUT2D eigenvalue weighted by Crippen LogP contribution is -2.27. The minimum absolute atomic E-state index is 0.159. The molecule has 0 aliphatic heterocycles. The summed E-state index contributed by atoms with van der Waals surface area (Å²) in [4.78, 5) is 18.0. The van der Waals surface area contributed by atoms with Crippen molar-refractivity contribution in [2.24, 2.45) is 0 Å². The van der Waals surface area contributed by atoms with Gasteiger partial charge in [0.25, 0.3) is 5.91 Å². The molecule has 6 heteroatoms. The molecule has 0 fully saturated rings. The molecule has 21 heavy (non-hydrogen) atoms. The first kappa shape index (κ1) is 14.8. The van der Waals surface area contributed by atoms with E-state index in [2.05, 4.69) is 27.0 Å². The molecule has 0 atom stereocenters. The molecule has 0 spiro atoms. The third-order valence-electron chi connectivity index (χ3n) is 2.91. The molecule has 0 aliphatic rings. The molecule has 0 radical (unpaired) electrons. The molecule has 108 valence electrons. The second kappa shape index (κ2) is 6.68. The highest BCUT2D eigenvalue weighted by Crippen LogP contribution is 2.14. The van der Waals surface area contributed by atoms with Gasteiger partial charge in [-0.25, -0.2) is 4.98 Å². The van der Waals surface area contributed by atoms with Crippen molar-refractivity contribution in [2.75, 3.05) is 13.7 Å². The molecule has 0 bridgehead atoms. The van der Waals surface area contributed by atoms with Gasteiger partial charge in [0.05, 0.1) is 12.1 Å². The molecule has 2 aromatic rings. The Morgan fingerprint density at radius 3 is 2.95 bits per heavy atom. The van der Waals surface area contributed by atoms with Crippen molar-refractivity contribution in [3.63, 3.8) is 0 Å². The molecule has 0 aliphatic carbocycles. The maximum atomic E-state index is 12.5. The number of aromatic nitrogens is 3. The van der Waals surface area contributed by atoms with Crippen LogP contribution in [0.2, 0.25) is 0 Å². The SMILES string of the molecule is Cc1ccc(C(=O)N(C)Cc2ncn[nH]2)c(C#CCO)c1. The summed E-state index contributed by atoms with van der Waals surface area (Å²) in [6, 6.07) is 5.44. The first-order chi connectivity index (χ1) is 10.1. The molecular weight excluding hydrogens is 268 g/mol. The van der Waals surface area contributed by atoms with Crippen LogP contribution in [0.25, 0.3) is 0 Å². The van der Waals surface area contributed by atoms with E-state index in [1.807, 2.05) is 19.1 Å². The topological polar surface area (TPSA) is 82.1 Å². The molecular formula is C15H16N4O2. The summed E-state index contributed by atoms with van der Waals surface area (Å²) in [5.74, 6) is 5.85. The van der Waals surface area contributed by atoms with E-state index in [0.717, 1.165) is 5.56 Å². The quantitative estimate of drug-likeness (QED) is 0.814. The number of amides is 1. The van der Waals surface area contributed by atoms with Gasteiger partial charge in [0.2, 0.25) is 0 Å². The van der Waals surface area contributed by atoms with E-state index >= 15 is 0 Å². The van der Waals surface area contributed by atoms with E-state index in [1.54, 1.807) is 13.1 Å². The first-order valence-electron chi connectivity index (χ1n) is 6.42. The van der Waals surface area contributed by atoms with Gasteiger partial charge in [-0.3, -0.25) is 9.89 Å². The van der Waals surface area contributed by atoms with E-state index in [-0.39, 0.29) is 12.5 Å². The van der Waals surface area contributed by atoms with Gasteiger partial charge in [0.15, 0.2) is 0 Å². The molecule has 0 unspecified atom stereocenters. The predicted octanol–water partition coefficient (Wildman–Crippen LogP) is 0.729. The molecule has 6 nitrogen and oxygen atoms in total. The summed E-state index contributed by atoms with van der Waals surface area (Å²) < 4.78 is 0. The Labute approximate surface area is 122 Å². The monoisotopic (exact) mass is 284 g/mol. The molecule has 0 saturated carbocycles. The number of H-pyrrole nitrogens is 1. The zero-order valence-corrected chi connectivity index (χ0v) is 11.9. The number of benzene rings is 1. The molecule has 2 rings (SSSR count). The summed E-state index contributed by atoms with van der Waals surface area (Å²) in [5.41, 5.74) is 2.12. The number of aryl methyl sites for hydroxylation is 1. The average Bonchev–Trinajstić information content (AvgIpc) is 2.97. The third kappa shape index (κ3) is 3.68. The molecule has 1 amide bonds. The summed E-state index contributed by atoms with van der Waals surface area (Å²) in [6.45, 7) is 2.02. The molecule has 1 aromatic carbocycles. The number of hydrogen-bond acceptors (Lipinski definition) is 4. The predicted molar refractivity (Wildman–Crippen MR) is 77.3 cm³/mol. The molecule has 2 N–H and O–H groups in total. The normalized spacial score (nSPS) is 9.86. The largest absolute Gasteiger partial charge is 0.384 e. The number of carbonyl (C=O) groups is 1. The Morgan fingerprint density at radius 1 is 1.48 bits per heavy atom. The lowest BCUT2D eigenvalue weighted by atomic mass is 10.0. The summed E-state index contributed by atoms with van der Waals surface area (Å²) in [5, 5.41) is 15.3. The fraction of sp³-hybridized carbons (Fsp3) is 0.267. The molecule has 0 saturated heterocycles. The zero-order chi connectivity index (χ0) is 15.2. The average molecular weight is 284 g/mol. The number of nitrogens with one attached hydrogen (secondary N) is 1. The van der Waals surface area contributed by atoms with Crippen molar-refractivity contribution in [3.8, 4) is 11.8 Å². The van der Waals surface area contributed by atoms with E-state index in [1.165, 1.54) is 11.2 Å². The van der Waals surface area contributed by atoms with Crippen LogP contribution in [0.1, 0.15) is 27.3 Å². The van der Waals surface area contributed by atoms with E-state index in [9.17, 15) is 4.79 Å². The van der Waals surface area contributed by atoms with Gasteiger partial charge in [0, 0.05) is 12.6 Å². The maximum Gasteiger partial charge on any atom is 0.255 e. The van der Waals surface area contributed by atoms with E-state index in [0.29, 0.717) is 23.5 Å². The number of rotatable bonds is 3. The number of hydrogen-bond donors (Lipinski definition) is 2. The van der Waals surface area contributed by atoms with Crippen LogP contribution < -0.4 is 0 Å². The minimum atomic E-state index is -0.241. The van der Waals surface area contributed by atoms with Crippen LogP contribution in [0, 0.1) is 18.8 Å². The molecule has 1 heterocycles. The Morgan fingerprint density at radius 2 is 2.29 bits per heavy atom. The second-order valence-electron chi connectivity index (χ2n) is 4.60. The van der Waals surface area contributed by atoms with Crippen molar-refractivity contribution in [1.82, 2.24) is 20.1 Å². The van der Waals surface area contributed by atoms with Crippen molar-refractivity contribution in [3.05, 3.63) is 47.0 Å². The fourth-order valence-corrected chi connectivity index (χ4v) is 1.89. The number of nitrogens with zero attached hydrogens (tertiary/aromatic N) is 3. The van der Waals surface area contributed by atoms with Gasteiger partial charge in [-0.1, -0.05) is 17.9 Å². The summed E-state index contributed by atoms with van der Waals surface area (Å²) in [6.07, 6.45) is 1.40. The standard InChI is InChI=1S/C15H16N4O2/c1-11-5-6-13(12(8-11)4-3-7-20)15(21)19(2)9-14-16-10-17-18-14/h5-6,8,10,20H,7,9H2,1-2H3,(H,16,17,18). The highest BCUT2D eigenvalue weighted by atomic mass is 16.2. The van der Waals surface area contributed by atoms with Crippen LogP contribution >= 0.6 is 0 Å². The van der Waals surface area contributed by atoms with Crippen LogP contribution in [0.3, 0.4) is 0 Å². The van der Waals surface area contributed by atoms with Gasteiger partial charge < -0.3 is 10.0 Å². The van der Waals surface area contributed by atoms with Crippen molar-refractivity contribution >= 4 is 5.91 Å². The number of aliphatic hydroxyl groups is 1. The molecule has 1 aromatic heterocycles.